The molecule has 5 heteroatoms. The van der Waals surface area contributed by atoms with Crippen molar-refractivity contribution in [3.05, 3.63) is 48.3 Å². The summed E-state index contributed by atoms with van der Waals surface area (Å²) >= 11 is 0. The molecular formula is C20H25N3O2. The van der Waals surface area contributed by atoms with Gasteiger partial charge >= 0.3 is 0 Å². The molecule has 1 amide bonds. The average molecular weight is 339 g/mol. The van der Waals surface area contributed by atoms with Gasteiger partial charge in [0, 0.05) is 18.3 Å². The second kappa shape index (κ2) is 8.01. The van der Waals surface area contributed by atoms with Crippen LogP contribution in [0.3, 0.4) is 0 Å². The van der Waals surface area contributed by atoms with Gasteiger partial charge in [-0.15, -0.1) is 0 Å². The van der Waals surface area contributed by atoms with E-state index in [2.05, 4.69) is 17.2 Å². The molecule has 5 nitrogen and oxygen atoms in total. The van der Waals surface area contributed by atoms with Crippen molar-refractivity contribution in [2.45, 2.75) is 38.6 Å². The minimum Gasteiger partial charge on any atom is -0.497 e. The maximum absolute atomic E-state index is 12.7. The summed E-state index contributed by atoms with van der Waals surface area (Å²) in [5.41, 5.74) is 2.32. The predicted molar refractivity (Wildman–Crippen MR) is 99.5 cm³/mol. The topological polar surface area (TPSA) is 54.5 Å². The van der Waals surface area contributed by atoms with Crippen LogP contribution in [0.2, 0.25) is 0 Å². The smallest absolute Gasteiger partial charge is 0.272 e. The van der Waals surface area contributed by atoms with Crippen molar-refractivity contribution in [3.8, 4) is 5.75 Å². The molecule has 0 radical (unpaired) electrons. The second-order valence-corrected chi connectivity index (χ2v) is 6.34. The Morgan fingerprint density at radius 2 is 1.96 bits per heavy atom. The van der Waals surface area contributed by atoms with Crippen LogP contribution in [0, 0.1) is 0 Å². The highest BCUT2D eigenvalue weighted by Gasteiger charge is 2.26. The van der Waals surface area contributed by atoms with Crippen molar-refractivity contribution in [2.24, 2.45) is 0 Å². The van der Waals surface area contributed by atoms with Crippen molar-refractivity contribution in [1.29, 1.82) is 0 Å². The molecule has 25 heavy (non-hydrogen) atoms. The first kappa shape index (κ1) is 17.3. The van der Waals surface area contributed by atoms with Crippen LogP contribution in [0.15, 0.2) is 42.6 Å². The van der Waals surface area contributed by atoms with E-state index in [1.807, 2.05) is 35.2 Å². The van der Waals surface area contributed by atoms with Gasteiger partial charge in [-0.25, -0.2) is 4.98 Å². The highest BCUT2D eigenvalue weighted by atomic mass is 16.5. The number of aromatic nitrogens is 1. The maximum atomic E-state index is 12.7. The van der Waals surface area contributed by atoms with Crippen LogP contribution < -0.4 is 10.1 Å². The number of benzene rings is 1. The molecule has 1 aliphatic rings. The summed E-state index contributed by atoms with van der Waals surface area (Å²) in [4.78, 5) is 19.1. The number of pyridine rings is 1. The molecule has 0 spiro atoms. The minimum atomic E-state index is 0.0440. The van der Waals surface area contributed by atoms with Gasteiger partial charge in [0.25, 0.3) is 5.91 Å². The minimum absolute atomic E-state index is 0.0440. The Balaban J connectivity index is 1.67. The largest absolute Gasteiger partial charge is 0.497 e. The summed E-state index contributed by atoms with van der Waals surface area (Å²) in [6.07, 6.45) is 6.10. The molecule has 1 fully saturated rings. The Morgan fingerprint density at radius 3 is 2.60 bits per heavy atom. The fourth-order valence-electron chi connectivity index (χ4n) is 3.27. The Morgan fingerprint density at radius 1 is 1.20 bits per heavy atom. The summed E-state index contributed by atoms with van der Waals surface area (Å²) in [5, 5.41) is 3.28. The molecular weight excluding hydrogens is 314 g/mol. The molecule has 0 saturated carbocycles. The molecule has 2 heterocycles. The number of rotatable bonds is 5. The van der Waals surface area contributed by atoms with Crippen molar-refractivity contribution in [2.75, 3.05) is 19.0 Å². The van der Waals surface area contributed by atoms with Gasteiger partial charge in [0.15, 0.2) is 0 Å². The van der Waals surface area contributed by atoms with E-state index < -0.39 is 0 Å². The number of anilines is 2. The molecule has 1 aromatic carbocycles. The lowest BCUT2D eigenvalue weighted by Crippen LogP contribution is -2.43. The Labute approximate surface area is 149 Å². The highest BCUT2D eigenvalue weighted by Crippen LogP contribution is 2.23. The summed E-state index contributed by atoms with van der Waals surface area (Å²) in [5.74, 6) is 0.860. The number of nitrogens with zero attached hydrogens (tertiary/aromatic N) is 2. The van der Waals surface area contributed by atoms with Crippen LogP contribution in [0.4, 0.5) is 11.4 Å². The van der Waals surface area contributed by atoms with Gasteiger partial charge in [0.2, 0.25) is 0 Å². The fourth-order valence-corrected chi connectivity index (χ4v) is 3.27. The van der Waals surface area contributed by atoms with E-state index in [0.29, 0.717) is 11.7 Å². The molecule has 1 atom stereocenters. The van der Waals surface area contributed by atoms with Crippen molar-refractivity contribution in [1.82, 2.24) is 9.88 Å². The zero-order valence-electron chi connectivity index (χ0n) is 14.9. The number of carbonyl (C=O) groups is 1. The predicted octanol–water partition coefficient (Wildman–Crippen LogP) is 4.24. The van der Waals surface area contributed by atoms with Crippen LogP contribution in [0.5, 0.6) is 5.75 Å². The van der Waals surface area contributed by atoms with Crippen LogP contribution in [-0.2, 0) is 0 Å². The van der Waals surface area contributed by atoms with Gasteiger partial charge in [-0.2, -0.15) is 0 Å². The number of nitrogens with one attached hydrogen (secondary N) is 1. The third kappa shape index (κ3) is 4.10. The number of carbonyl (C=O) groups excluding carboxylic acids is 1. The maximum Gasteiger partial charge on any atom is 0.272 e. The van der Waals surface area contributed by atoms with E-state index in [9.17, 15) is 4.79 Å². The van der Waals surface area contributed by atoms with E-state index in [-0.39, 0.29) is 5.91 Å². The van der Waals surface area contributed by atoms with E-state index >= 15 is 0 Å². The molecule has 132 valence electrons. The SMILES string of the molecule is CCC1CCCCN1C(=O)c1ccc(Nc2ccc(OC)cc2)cn1. The zero-order chi connectivity index (χ0) is 17.6. The Hall–Kier alpha value is -2.56. The van der Waals surface area contributed by atoms with Crippen LogP contribution >= 0.6 is 0 Å². The van der Waals surface area contributed by atoms with E-state index in [1.165, 1.54) is 6.42 Å². The van der Waals surface area contributed by atoms with Gasteiger partial charge < -0.3 is 15.0 Å². The number of amides is 1. The van der Waals surface area contributed by atoms with Gasteiger partial charge in [0.05, 0.1) is 19.0 Å². The third-order valence-electron chi connectivity index (χ3n) is 4.72. The average Bonchev–Trinajstić information content (AvgIpc) is 2.68. The highest BCUT2D eigenvalue weighted by molar-refractivity contribution is 5.92. The molecule has 1 N–H and O–H groups in total. The first-order chi connectivity index (χ1) is 12.2. The molecule has 0 aliphatic carbocycles. The fraction of sp³-hybridized carbons (Fsp3) is 0.400. The third-order valence-corrected chi connectivity index (χ3v) is 4.72. The summed E-state index contributed by atoms with van der Waals surface area (Å²) in [7, 11) is 1.65. The number of likely N-dealkylation sites (tertiary alicyclic amines) is 1. The lowest BCUT2D eigenvalue weighted by Gasteiger charge is -2.35. The molecule has 1 saturated heterocycles. The summed E-state index contributed by atoms with van der Waals surface area (Å²) < 4.78 is 5.15. The number of piperidine rings is 1. The second-order valence-electron chi connectivity index (χ2n) is 6.34. The zero-order valence-corrected chi connectivity index (χ0v) is 14.9. The number of methoxy groups -OCH3 is 1. The number of hydrogen-bond donors (Lipinski definition) is 1. The van der Waals surface area contributed by atoms with Gasteiger partial charge in [0.1, 0.15) is 11.4 Å². The van der Waals surface area contributed by atoms with E-state index in [1.54, 1.807) is 19.4 Å². The van der Waals surface area contributed by atoms with Gasteiger partial charge in [-0.3, -0.25) is 4.79 Å². The quantitative estimate of drug-likeness (QED) is 0.885. The molecule has 2 aromatic rings. The molecule has 0 bridgehead atoms. The van der Waals surface area contributed by atoms with Crippen LogP contribution in [0.1, 0.15) is 43.1 Å². The normalized spacial score (nSPS) is 17.2. The molecule has 1 unspecified atom stereocenters. The Bertz CT molecular complexity index is 698. The summed E-state index contributed by atoms with van der Waals surface area (Å²) in [6.45, 7) is 2.98. The van der Waals surface area contributed by atoms with Crippen molar-refractivity contribution >= 4 is 17.3 Å². The lowest BCUT2D eigenvalue weighted by molar-refractivity contribution is 0.0602. The number of hydrogen-bond acceptors (Lipinski definition) is 4. The van der Waals surface area contributed by atoms with Gasteiger partial charge in [-0.1, -0.05) is 6.92 Å². The van der Waals surface area contributed by atoms with Crippen molar-refractivity contribution < 1.29 is 9.53 Å². The van der Waals surface area contributed by atoms with Crippen LogP contribution in [0.25, 0.3) is 0 Å². The molecule has 1 aromatic heterocycles. The van der Waals surface area contributed by atoms with Gasteiger partial charge in [-0.05, 0) is 62.1 Å². The lowest BCUT2D eigenvalue weighted by atomic mass is 9.99. The van der Waals surface area contributed by atoms with E-state index in [4.69, 9.17) is 4.74 Å². The van der Waals surface area contributed by atoms with E-state index in [0.717, 1.165) is 42.9 Å². The van der Waals surface area contributed by atoms with Crippen LogP contribution in [-0.4, -0.2) is 35.5 Å². The molecule has 3 rings (SSSR count). The Kier molecular flexibility index (Phi) is 5.53. The first-order valence-electron chi connectivity index (χ1n) is 8.89. The molecule has 1 aliphatic heterocycles. The first-order valence-corrected chi connectivity index (χ1v) is 8.89. The monoisotopic (exact) mass is 339 g/mol. The van der Waals surface area contributed by atoms with Crippen molar-refractivity contribution in [3.63, 3.8) is 0 Å². The number of ether oxygens (including phenoxy) is 1. The summed E-state index contributed by atoms with van der Waals surface area (Å²) in [6, 6.07) is 11.7. The standard InChI is InChI=1S/C20H25N3O2/c1-3-17-6-4-5-13-23(17)20(24)19-12-9-16(14-21-19)22-15-7-10-18(25-2)11-8-15/h7-12,14,17,22H,3-6,13H2,1-2H3.